The van der Waals surface area contributed by atoms with Crippen molar-refractivity contribution in [2.75, 3.05) is 18.0 Å². The molecule has 0 aromatic heterocycles. The Morgan fingerprint density at radius 1 is 0.974 bits per heavy atom. The van der Waals surface area contributed by atoms with Gasteiger partial charge in [0.15, 0.2) is 0 Å². The molecule has 0 aliphatic heterocycles. The van der Waals surface area contributed by atoms with Gasteiger partial charge in [-0.25, -0.2) is 12.8 Å². The molecule has 8 nitrogen and oxygen atoms in total. The number of methoxy groups -OCH3 is 1. The van der Waals surface area contributed by atoms with Crippen molar-refractivity contribution in [3.05, 3.63) is 90.2 Å². The number of benzene rings is 3. The van der Waals surface area contributed by atoms with E-state index < -0.39 is 34.3 Å². The molecule has 0 heterocycles. The van der Waals surface area contributed by atoms with Crippen LogP contribution < -0.4 is 14.4 Å². The Morgan fingerprint density at radius 3 is 2.26 bits per heavy atom. The van der Waals surface area contributed by atoms with Gasteiger partial charge < -0.3 is 15.0 Å². The van der Waals surface area contributed by atoms with E-state index >= 15 is 0 Å². The average molecular weight is 556 g/mol. The molecule has 0 bridgehead atoms. The third-order valence-corrected chi connectivity index (χ3v) is 8.17. The molecule has 0 saturated heterocycles. The Kier molecular flexibility index (Phi) is 10.1. The van der Waals surface area contributed by atoms with Crippen LogP contribution in [0.1, 0.15) is 32.8 Å². The van der Waals surface area contributed by atoms with Gasteiger partial charge in [0.05, 0.1) is 17.7 Å². The minimum Gasteiger partial charge on any atom is -0.497 e. The predicted molar refractivity (Wildman–Crippen MR) is 148 cm³/mol. The summed E-state index contributed by atoms with van der Waals surface area (Å²) in [4.78, 5) is 28.3. The first-order valence-electron chi connectivity index (χ1n) is 12.6. The van der Waals surface area contributed by atoms with Crippen molar-refractivity contribution in [2.45, 2.75) is 50.7 Å². The molecule has 0 fully saturated rings. The summed E-state index contributed by atoms with van der Waals surface area (Å²) in [7, 11) is -2.68. The van der Waals surface area contributed by atoms with E-state index in [1.165, 1.54) is 36.3 Å². The Bertz CT molecular complexity index is 1370. The first-order chi connectivity index (χ1) is 18.6. The van der Waals surface area contributed by atoms with Gasteiger partial charge in [-0.1, -0.05) is 37.3 Å². The molecule has 3 aromatic carbocycles. The van der Waals surface area contributed by atoms with Gasteiger partial charge in [0, 0.05) is 12.6 Å². The fourth-order valence-electron chi connectivity index (χ4n) is 3.87. The lowest BCUT2D eigenvalue weighted by Crippen LogP contribution is -2.52. The molecule has 208 valence electrons. The third kappa shape index (κ3) is 7.57. The Hall–Kier alpha value is -3.92. The normalized spacial score (nSPS) is 12.7. The van der Waals surface area contributed by atoms with Gasteiger partial charge in [-0.05, 0) is 74.4 Å². The number of carbonyl (C=O) groups is 2. The highest BCUT2D eigenvalue weighted by atomic mass is 32.2. The minimum atomic E-state index is -4.21. The van der Waals surface area contributed by atoms with Crippen molar-refractivity contribution < 1.29 is 27.1 Å². The van der Waals surface area contributed by atoms with Gasteiger partial charge in [0.2, 0.25) is 11.8 Å². The standard InChI is InChI=1S/C29H34FN3O5S/c1-5-21(2)31-29(35)22(3)32(19-23-10-9-11-26(18-23)38-4)28(34)20-33(25-16-14-24(30)15-17-25)39(36,37)27-12-7-6-8-13-27/h6-18,21-22H,5,19-20H2,1-4H3,(H,31,35)/t21-,22-/m1/s1. The molecule has 0 aliphatic carbocycles. The topological polar surface area (TPSA) is 96.0 Å². The Labute approximate surface area is 229 Å². The van der Waals surface area contributed by atoms with E-state index in [2.05, 4.69) is 5.32 Å². The largest absolute Gasteiger partial charge is 0.497 e. The number of nitrogens with one attached hydrogen (secondary N) is 1. The lowest BCUT2D eigenvalue weighted by molar-refractivity contribution is -0.139. The lowest BCUT2D eigenvalue weighted by Gasteiger charge is -2.32. The highest BCUT2D eigenvalue weighted by Gasteiger charge is 2.32. The van der Waals surface area contributed by atoms with Crippen LogP contribution in [0.2, 0.25) is 0 Å². The monoisotopic (exact) mass is 555 g/mol. The van der Waals surface area contributed by atoms with E-state index in [1.54, 1.807) is 49.4 Å². The molecule has 3 rings (SSSR count). The molecule has 39 heavy (non-hydrogen) atoms. The molecule has 0 aliphatic rings. The van der Waals surface area contributed by atoms with Crippen LogP contribution in [0, 0.1) is 5.82 Å². The molecule has 1 N–H and O–H groups in total. The van der Waals surface area contributed by atoms with Crippen molar-refractivity contribution in [1.29, 1.82) is 0 Å². The SMILES string of the molecule is CC[C@@H](C)NC(=O)[C@@H](C)N(Cc1cccc(OC)c1)C(=O)CN(c1ccc(F)cc1)S(=O)(=O)c1ccccc1. The minimum absolute atomic E-state index is 0.0240. The van der Waals surface area contributed by atoms with Gasteiger partial charge in [-0.3, -0.25) is 13.9 Å². The van der Waals surface area contributed by atoms with E-state index in [-0.39, 0.29) is 29.1 Å². The van der Waals surface area contributed by atoms with Crippen molar-refractivity contribution >= 4 is 27.5 Å². The maximum atomic E-state index is 13.9. The molecule has 0 unspecified atom stereocenters. The fraction of sp³-hybridized carbons (Fsp3) is 0.310. The van der Waals surface area contributed by atoms with Crippen LogP contribution in [0.25, 0.3) is 0 Å². The number of carbonyl (C=O) groups excluding carboxylic acids is 2. The Morgan fingerprint density at radius 2 is 1.64 bits per heavy atom. The zero-order chi connectivity index (χ0) is 28.6. The summed E-state index contributed by atoms with van der Waals surface area (Å²) in [6.07, 6.45) is 0.704. The van der Waals surface area contributed by atoms with Gasteiger partial charge in [-0.15, -0.1) is 0 Å². The fourth-order valence-corrected chi connectivity index (χ4v) is 5.31. The predicted octanol–water partition coefficient (Wildman–Crippen LogP) is 4.36. The van der Waals surface area contributed by atoms with Crippen molar-refractivity contribution in [2.24, 2.45) is 0 Å². The highest BCUT2D eigenvalue weighted by Crippen LogP contribution is 2.25. The molecular weight excluding hydrogens is 521 g/mol. The number of hydrogen-bond acceptors (Lipinski definition) is 5. The van der Waals surface area contributed by atoms with Crippen molar-refractivity contribution in [3.63, 3.8) is 0 Å². The molecule has 2 amide bonds. The van der Waals surface area contributed by atoms with Crippen LogP contribution in [0.5, 0.6) is 5.75 Å². The molecule has 2 atom stereocenters. The number of ether oxygens (including phenoxy) is 1. The second kappa shape index (κ2) is 13.2. The van der Waals surface area contributed by atoms with Crippen LogP contribution in [-0.4, -0.2) is 50.9 Å². The quantitative estimate of drug-likeness (QED) is 0.358. The summed E-state index contributed by atoms with van der Waals surface area (Å²) in [6, 6.07) is 18.6. The zero-order valence-electron chi connectivity index (χ0n) is 22.5. The van der Waals surface area contributed by atoms with E-state index in [1.807, 2.05) is 13.8 Å². The van der Waals surface area contributed by atoms with E-state index in [4.69, 9.17) is 4.74 Å². The van der Waals surface area contributed by atoms with Crippen LogP contribution in [0.3, 0.4) is 0 Å². The van der Waals surface area contributed by atoms with Crippen molar-refractivity contribution in [3.8, 4) is 5.75 Å². The summed E-state index contributed by atoms with van der Waals surface area (Å²) in [5.41, 5.74) is 0.816. The first kappa shape index (κ1) is 29.6. The number of sulfonamides is 1. The second-order valence-corrected chi connectivity index (χ2v) is 11.0. The van der Waals surface area contributed by atoms with Crippen LogP contribution in [0.4, 0.5) is 10.1 Å². The molecule has 3 aromatic rings. The van der Waals surface area contributed by atoms with E-state index in [9.17, 15) is 22.4 Å². The smallest absolute Gasteiger partial charge is 0.264 e. The number of nitrogens with zero attached hydrogens (tertiary/aromatic N) is 2. The summed E-state index contributed by atoms with van der Waals surface area (Å²) in [5.74, 6) is -0.929. The summed E-state index contributed by atoms with van der Waals surface area (Å²) in [5, 5.41) is 2.89. The van der Waals surface area contributed by atoms with Gasteiger partial charge in [-0.2, -0.15) is 0 Å². The molecule has 0 radical (unpaired) electrons. The maximum absolute atomic E-state index is 13.9. The second-order valence-electron chi connectivity index (χ2n) is 9.17. The molecule has 0 spiro atoms. The molecule has 10 heteroatoms. The zero-order valence-corrected chi connectivity index (χ0v) is 23.3. The number of hydrogen-bond donors (Lipinski definition) is 1. The number of rotatable bonds is 12. The van der Waals surface area contributed by atoms with Crippen molar-refractivity contribution in [1.82, 2.24) is 10.2 Å². The lowest BCUT2D eigenvalue weighted by atomic mass is 10.1. The number of anilines is 1. The maximum Gasteiger partial charge on any atom is 0.264 e. The summed E-state index contributed by atoms with van der Waals surface area (Å²) in [6.45, 7) is 4.83. The summed E-state index contributed by atoms with van der Waals surface area (Å²) >= 11 is 0. The van der Waals surface area contributed by atoms with E-state index in [0.29, 0.717) is 17.7 Å². The molecule has 0 saturated carbocycles. The van der Waals surface area contributed by atoms with Crippen LogP contribution in [-0.2, 0) is 26.2 Å². The van der Waals surface area contributed by atoms with E-state index in [0.717, 1.165) is 16.4 Å². The average Bonchev–Trinajstić information content (AvgIpc) is 2.95. The van der Waals surface area contributed by atoms with Gasteiger partial charge in [0.1, 0.15) is 24.2 Å². The van der Waals surface area contributed by atoms with Gasteiger partial charge in [0.25, 0.3) is 10.0 Å². The third-order valence-electron chi connectivity index (χ3n) is 6.38. The Balaban J connectivity index is 2.01. The summed E-state index contributed by atoms with van der Waals surface area (Å²) < 4.78 is 47.3. The number of amides is 2. The highest BCUT2D eigenvalue weighted by molar-refractivity contribution is 7.92. The van der Waals surface area contributed by atoms with Crippen LogP contribution >= 0.6 is 0 Å². The van der Waals surface area contributed by atoms with Crippen LogP contribution in [0.15, 0.2) is 83.8 Å². The molecular formula is C29H34FN3O5S. The number of halogens is 1. The van der Waals surface area contributed by atoms with Gasteiger partial charge >= 0.3 is 0 Å². The first-order valence-corrected chi connectivity index (χ1v) is 14.1.